The van der Waals surface area contributed by atoms with Crippen LogP contribution in [0.4, 0.5) is 0 Å². The number of rotatable bonds is 4. The molecule has 1 saturated heterocycles. The maximum absolute atomic E-state index is 12.6. The van der Waals surface area contributed by atoms with Gasteiger partial charge in [-0.15, -0.1) is 5.10 Å². The topological polar surface area (TPSA) is 68.2 Å². The second kappa shape index (κ2) is 7.04. The highest BCUT2D eigenvalue weighted by atomic mass is 32.1. The normalized spacial score (nSPS) is 18.0. The Morgan fingerprint density at radius 3 is 3.09 bits per heavy atom. The molecule has 1 amide bonds. The number of nitrogens with zero attached hydrogens (tertiary/aromatic N) is 4. The second-order valence-corrected chi connectivity index (χ2v) is 6.64. The van der Waals surface area contributed by atoms with Crippen LogP contribution in [0.3, 0.4) is 0 Å². The van der Waals surface area contributed by atoms with E-state index >= 15 is 0 Å². The van der Waals surface area contributed by atoms with Gasteiger partial charge in [0.1, 0.15) is 10.6 Å². The van der Waals surface area contributed by atoms with E-state index < -0.39 is 0 Å². The number of amides is 1. The highest BCUT2D eigenvalue weighted by Crippen LogP contribution is 2.22. The van der Waals surface area contributed by atoms with Crippen LogP contribution in [-0.2, 0) is 0 Å². The zero-order valence-corrected chi connectivity index (χ0v) is 14.2. The molecule has 0 N–H and O–H groups in total. The molecule has 0 spiro atoms. The first-order valence-corrected chi connectivity index (χ1v) is 8.54. The smallest absolute Gasteiger partial charge is 0.267 e. The van der Waals surface area contributed by atoms with Crippen molar-refractivity contribution in [2.24, 2.45) is 5.92 Å². The third-order valence-corrected chi connectivity index (χ3v) is 4.82. The van der Waals surface area contributed by atoms with Crippen molar-refractivity contribution in [3.05, 3.63) is 34.6 Å². The Labute approximate surface area is 139 Å². The van der Waals surface area contributed by atoms with E-state index in [1.807, 2.05) is 30.9 Å². The van der Waals surface area contributed by atoms with Crippen LogP contribution in [0.15, 0.2) is 18.3 Å². The van der Waals surface area contributed by atoms with E-state index in [1.54, 1.807) is 6.20 Å². The molecule has 7 heteroatoms. The van der Waals surface area contributed by atoms with Crippen LogP contribution < -0.4 is 4.74 Å². The molecule has 3 heterocycles. The minimum absolute atomic E-state index is 0.0435. The number of pyridine rings is 1. The Hall–Kier alpha value is -2.02. The second-order valence-electron chi connectivity index (χ2n) is 5.89. The first-order chi connectivity index (χ1) is 11.1. The highest BCUT2D eigenvalue weighted by Gasteiger charge is 2.27. The molecular weight excluding hydrogens is 312 g/mol. The van der Waals surface area contributed by atoms with Crippen molar-refractivity contribution in [2.45, 2.75) is 26.7 Å². The fourth-order valence-corrected chi connectivity index (χ4v) is 3.41. The van der Waals surface area contributed by atoms with Crippen molar-refractivity contribution < 1.29 is 9.53 Å². The van der Waals surface area contributed by atoms with Gasteiger partial charge in [0, 0.05) is 37.0 Å². The van der Waals surface area contributed by atoms with E-state index in [-0.39, 0.29) is 5.91 Å². The predicted octanol–water partition coefficient (Wildman–Crippen LogP) is 2.48. The molecule has 3 rings (SSSR count). The van der Waals surface area contributed by atoms with Gasteiger partial charge in [-0.2, -0.15) is 0 Å². The molecule has 6 nitrogen and oxygen atoms in total. The van der Waals surface area contributed by atoms with Crippen molar-refractivity contribution in [3.8, 4) is 5.75 Å². The molecule has 1 fully saturated rings. The van der Waals surface area contributed by atoms with Crippen LogP contribution in [-0.4, -0.2) is 45.1 Å². The molecule has 1 aliphatic rings. The maximum atomic E-state index is 12.6. The predicted molar refractivity (Wildman–Crippen MR) is 87.7 cm³/mol. The van der Waals surface area contributed by atoms with E-state index in [4.69, 9.17) is 4.74 Å². The average molecular weight is 332 g/mol. The summed E-state index contributed by atoms with van der Waals surface area (Å²) in [6, 6.07) is 3.79. The third-order valence-electron chi connectivity index (χ3n) is 4.01. The van der Waals surface area contributed by atoms with Crippen LogP contribution in [0.5, 0.6) is 5.75 Å². The first-order valence-electron chi connectivity index (χ1n) is 7.77. The van der Waals surface area contributed by atoms with Crippen LogP contribution in [0.2, 0.25) is 0 Å². The minimum atomic E-state index is 0.0435. The van der Waals surface area contributed by atoms with Gasteiger partial charge >= 0.3 is 0 Å². The summed E-state index contributed by atoms with van der Waals surface area (Å²) in [4.78, 5) is 19.3. The molecule has 1 atom stereocenters. The number of piperidine rings is 1. The monoisotopic (exact) mass is 332 g/mol. The molecule has 0 aromatic carbocycles. The van der Waals surface area contributed by atoms with Crippen LogP contribution in [0.1, 0.15) is 33.9 Å². The Morgan fingerprint density at radius 2 is 2.35 bits per heavy atom. The van der Waals surface area contributed by atoms with Gasteiger partial charge < -0.3 is 9.64 Å². The molecule has 122 valence electrons. The average Bonchev–Trinajstić information content (AvgIpc) is 2.99. The van der Waals surface area contributed by atoms with E-state index in [1.165, 1.54) is 11.5 Å². The molecule has 23 heavy (non-hydrogen) atoms. The summed E-state index contributed by atoms with van der Waals surface area (Å²) in [5.74, 6) is 1.23. The van der Waals surface area contributed by atoms with Crippen molar-refractivity contribution >= 4 is 17.4 Å². The zero-order valence-electron chi connectivity index (χ0n) is 13.4. The number of hydrogen-bond donors (Lipinski definition) is 0. The van der Waals surface area contributed by atoms with Gasteiger partial charge in [0.05, 0.1) is 12.3 Å². The largest absolute Gasteiger partial charge is 0.493 e. The number of carbonyl (C=O) groups excluding carboxylic acids is 1. The zero-order chi connectivity index (χ0) is 16.2. The van der Waals surface area contributed by atoms with Crippen molar-refractivity contribution in [2.75, 3.05) is 19.7 Å². The summed E-state index contributed by atoms with van der Waals surface area (Å²) in [6.45, 7) is 5.90. The fourth-order valence-electron chi connectivity index (χ4n) is 2.78. The van der Waals surface area contributed by atoms with Crippen molar-refractivity contribution in [1.82, 2.24) is 19.5 Å². The van der Waals surface area contributed by atoms with Gasteiger partial charge in [-0.3, -0.25) is 9.78 Å². The first kappa shape index (κ1) is 15.9. The molecule has 1 aliphatic heterocycles. The highest BCUT2D eigenvalue weighted by molar-refractivity contribution is 7.07. The molecule has 0 radical (unpaired) electrons. The maximum Gasteiger partial charge on any atom is 0.267 e. The number of ether oxygens (including phenoxy) is 1. The van der Waals surface area contributed by atoms with Gasteiger partial charge in [-0.1, -0.05) is 4.49 Å². The van der Waals surface area contributed by atoms with Gasteiger partial charge in [0.2, 0.25) is 0 Å². The number of likely N-dealkylation sites (tertiary alicyclic amines) is 1. The summed E-state index contributed by atoms with van der Waals surface area (Å²) in [5.41, 5.74) is 1.65. The van der Waals surface area contributed by atoms with Crippen molar-refractivity contribution in [1.29, 1.82) is 0 Å². The van der Waals surface area contributed by atoms with Crippen LogP contribution >= 0.6 is 11.5 Å². The third kappa shape index (κ3) is 3.85. The minimum Gasteiger partial charge on any atom is -0.493 e. The van der Waals surface area contributed by atoms with Crippen LogP contribution in [0.25, 0.3) is 0 Å². The SMILES string of the molecule is Cc1cc(OCC2CCCN(C(=O)c3snnc3C)C2)ccn1. The lowest BCUT2D eigenvalue weighted by Gasteiger charge is -2.32. The Morgan fingerprint density at radius 1 is 1.48 bits per heavy atom. The van der Waals surface area contributed by atoms with Gasteiger partial charge in [-0.25, -0.2) is 0 Å². The lowest BCUT2D eigenvalue weighted by molar-refractivity contribution is 0.0637. The molecule has 2 aromatic rings. The van der Waals surface area contributed by atoms with Gasteiger partial charge in [-0.05, 0) is 44.3 Å². The Balaban J connectivity index is 1.58. The standard InChI is InChI=1S/C16H20N4O2S/c1-11-8-14(5-6-17-11)22-10-13-4-3-7-20(9-13)16(21)15-12(2)18-19-23-15/h5-6,8,13H,3-4,7,9-10H2,1-2H3. The quantitative estimate of drug-likeness (QED) is 0.860. The summed E-state index contributed by atoms with van der Waals surface area (Å²) in [5, 5.41) is 3.93. The summed E-state index contributed by atoms with van der Waals surface area (Å²) in [7, 11) is 0. The van der Waals surface area contributed by atoms with Gasteiger partial charge in [0.25, 0.3) is 5.91 Å². The van der Waals surface area contributed by atoms with E-state index in [9.17, 15) is 4.79 Å². The molecule has 1 unspecified atom stereocenters. The fraction of sp³-hybridized carbons (Fsp3) is 0.500. The summed E-state index contributed by atoms with van der Waals surface area (Å²) in [6.07, 6.45) is 3.83. The number of aromatic nitrogens is 3. The number of carbonyl (C=O) groups is 1. The van der Waals surface area contributed by atoms with Crippen molar-refractivity contribution in [3.63, 3.8) is 0 Å². The van der Waals surface area contributed by atoms with E-state index in [0.717, 1.165) is 37.4 Å². The molecule has 0 aliphatic carbocycles. The lowest BCUT2D eigenvalue weighted by atomic mass is 9.98. The lowest BCUT2D eigenvalue weighted by Crippen LogP contribution is -2.41. The molecule has 0 saturated carbocycles. The number of hydrogen-bond acceptors (Lipinski definition) is 6. The number of aryl methyl sites for hydroxylation is 2. The van der Waals surface area contributed by atoms with Gasteiger partial charge in [0.15, 0.2) is 0 Å². The summed E-state index contributed by atoms with van der Waals surface area (Å²) >= 11 is 1.17. The van der Waals surface area contributed by atoms with Crippen LogP contribution in [0, 0.1) is 19.8 Å². The summed E-state index contributed by atoms with van der Waals surface area (Å²) < 4.78 is 9.72. The Kier molecular flexibility index (Phi) is 4.85. The molecule has 2 aromatic heterocycles. The molecular formula is C16H20N4O2S. The molecule has 0 bridgehead atoms. The van der Waals surface area contributed by atoms with E-state index in [2.05, 4.69) is 14.6 Å². The Bertz CT molecular complexity index is 688. The van der Waals surface area contributed by atoms with E-state index in [0.29, 0.717) is 23.1 Å².